The van der Waals surface area contributed by atoms with E-state index in [-0.39, 0.29) is 17.8 Å². The second-order valence-electron chi connectivity index (χ2n) is 7.44. The molecule has 2 aromatic rings. The van der Waals surface area contributed by atoms with Gasteiger partial charge in [0.2, 0.25) is 20.0 Å². The smallest absolute Gasteiger partial charge is 0.245 e. The van der Waals surface area contributed by atoms with E-state index in [2.05, 4.69) is 0 Å². The molecule has 0 saturated carbocycles. The van der Waals surface area contributed by atoms with Gasteiger partial charge in [0.05, 0.1) is 30.9 Å². The van der Waals surface area contributed by atoms with Crippen molar-refractivity contribution in [2.75, 3.05) is 36.9 Å². The molecule has 0 amide bonds. The van der Waals surface area contributed by atoms with Crippen molar-refractivity contribution in [1.82, 2.24) is 4.90 Å². The molecule has 3 rings (SSSR count). The number of likely N-dealkylation sites (N-methyl/N-ethyl adjacent to an activating group) is 1. The summed E-state index contributed by atoms with van der Waals surface area (Å²) in [6.45, 7) is 0.826. The van der Waals surface area contributed by atoms with E-state index < -0.39 is 25.9 Å². The minimum Gasteiger partial charge on any atom is -0.496 e. The molecule has 1 heterocycles. The zero-order chi connectivity index (χ0) is 23.1. The molecule has 0 fully saturated rings. The monoisotopic (exact) mass is 467 g/mol. The van der Waals surface area contributed by atoms with Gasteiger partial charge in [-0.05, 0) is 54.4 Å². The van der Waals surface area contributed by atoms with Gasteiger partial charge in [-0.25, -0.2) is 21.2 Å². The van der Waals surface area contributed by atoms with E-state index in [0.29, 0.717) is 44.7 Å². The van der Waals surface area contributed by atoms with Gasteiger partial charge in [-0.1, -0.05) is 0 Å². The molecular weight excluding hydrogens is 445 g/mol. The summed E-state index contributed by atoms with van der Waals surface area (Å²) < 4.78 is 69.6. The summed E-state index contributed by atoms with van der Waals surface area (Å²) in [6, 6.07) is 7.31. The fraction of sp³-hybridized carbons (Fsp3) is 0.350. The van der Waals surface area contributed by atoms with Crippen LogP contribution in [-0.4, -0.2) is 54.9 Å². The molecule has 31 heavy (non-hydrogen) atoms. The van der Waals surface area contributed by atoms with Crippen LogP contribution in [0.15, 0.2) is 24.3 Å². The molecule has 0 aliphatic carbocycles. The van der Waals surface area contributed by atoms with Crippen LogP contribution >= 0.6 is 0 Å². The molecule has 0 atom stereocenters. The molecule has 8 nitrogen and oxygen atoms in total. The summed E-state index contributed by atoms with van der Waals surface area (Å²) in [5.41, 5.74) is 1.61. The molecule has 0 aromatic heterocycles. The lowest BCUT2D eigenvalue weighted by molar-refractivity contribution is 0.313. The van der Waals surface area contributed by atoms with Gasteiger partial charge in [0.1, 0.15) is 17.6 Å². The van der Waals surface area contributed by atoms with Crippen LogP contribution in [0.5, 0.6) is 5.75 Å². The maximum Gasteiger partial charge on any atom is 0.245 e. The summed E-state index contributed by atoms with van der Waals surface area (Å²) in [7, 11) is -5.29. The number of nitriles is 1. The number of sulfonamides is 2. The largest absolute Gasteiger partial charge is 0.496 e. The average molecular weight is 468 g/mol. The predicted octanol–water partition coefficient (Wildman–Crippen LogP) is 2.09. The second kappa shape index (κ2) is 8.11. The summed E-state index contributed by atoms with van der Waals surface area (Å²) in [6.07, 6.45) is 2.00. The number of anilines is 1. The third-order valence-electron chi connectivity index (χ3n) is 5.05. The molecule has 0 N–H and O–H groups in total. The van der Waals surface area contributed by atoms with Crippen molar-refractivity contribution < 1.29 is 26.0 Å². The van der Waals surface area contributed by atoms with Gasteiger partial charge in [0, 0.05) is 18.7 Å². The van der Waals surface area contributed by atoms with Crippen LogP contribution in [0.2, 0.25) is 0 Å². The molecule has 166 valence electrons. The number of halogens is 1. The van der Waals surface area contributed by atoms with E-state index in [1.54, 1.807) is 7.05 Å². The van der Waals surface area contributed by atoms with Crippen molar-refractivity contribution in [1.29, 1.82) is 5.26 Å². The van der Waals surface area contributed by atoms with E-state index in [1.807, 2.05) is 11.0 Å². The van der Waals surface area contributed by atoms with Gasteiger partial charge in [0.15, 0.2) is 0 Å². The first kappa shape index (κ1) is 23.0. The number of fused-ring (bicyclic) bond motifs is 1. The lowest BCUT2D eigenvalue weighted by Crippen LogP contribution is -2.38. The summed E-state index contributed by atoms with van der Waals surface area (Å²) in [5.74, 6) is -0.129. The Balaban J connectivity index is 2.48. The fourth-order valence-corrected chi connectivity index (χ4v) is 6.93. The molecule has 0 radical (unpaired) electrons. The number of nitrogens with zero attached hydrogens (tertiary/aromatic N) is 3. The minimum absolute atomic E-state index is 0.147. The second-order valence-corrected chi connectivity index (χ2v) is 11.3. The topological polar surface area (TPSA) is 108 Å². The SMILES string of the molecule is COc1ccc(F)cc1-c1cc(C#N)c(N(S(C)(=O)=O)S(C)(=O)=O)c2c1CCN(C)C2. The number of benzene rings is 2. The van der Waals surface area contributed by atoms with E-state index >= 15 is 0 Å². The highest BCUT2D eigenvalue weighted by atomic mass is 32.3. The molecule has 11 heteroatoms. The Morgan fingerprint density at radius 3 is 2.29 bits per heavy atom. The molecule has 0 spiro atoms. The molecule has 1 aliphatic heterocycles. The van der Waals surface area contributed by atoms with Crippen molar-refractivity contribution in [3.63, 3.8) is 0 Å². The Morgan fingerprint density at radius 2 is 1.74 bits per heavy atom. The number of rotatable bonds is 5. The van der Waals surface area contributed by atoms with Crippen molar-refractivity contribution in [2.24, 2.45) is 0 Å². The zero-order valence-corrected chi connectivity index (χ0v) is 19.1. The van der Waals surface area contributed by atoms with Crippen LogP contribution in [0.4, 0.5) is 10.1 Å². The van der Waals surface area contributed by atoms with Crippen LogP contribution in [-0.2, 0) is 33.0 Å². The number of methoxy groups -OCH3 is 1. The van der Waals surface area contributed by atoms with Gasteiger partial charge in [-0.2, -0.15) is 8.97 Å². The Morgan fingerprint density at radius 1 is 1.10 bits per heavy atom. The van der Waals surface area contributed by atoms with Crippen LogP contribution in [0.1, 0.15) is 16.7 Å². The molecule has 1 aliphatic rings. The number of ether oxygens (including phenoxy) is 1. The van der Waals surface area contributed by atoms with Gasteiger partial charge >= 0.3 is 0 Å². The average Bonchev–Trinajstić information content (AvgIpc) is 2.66. The maximum absolute atomic E-state index is 14.1. The number of hydrogen-bond acceptors (Lipinski definition) is 7. The van der Waals surface area contributed by atoms with Crippen LogP contribution in [0.25, 0.3) is 11.1 Å². The van der Waals surface area contributed by atoms with Crippen molar-refractivity contribution >= 4 is 25.7 Å². The maximum atomic E-state index is 14.1. The standard InChI is InChI=1S/C20H22FN3O5S2/c1-23-8-7-15-16(17-10-14(21)5-6-19(17)29-2)9-13(11-22)20(18(15)12-23)24(30(3,25)26)31(4,27)28/h5-6,9-10H,7-8,12H2,1-4H3. The van der Waals surface area contributed by atoms with Crippen molar-refractivity contribution in [3.05, 3.63) is 46.8 Å². The van der Waals surface area contributed by atoms with E-state index in [0.717, 1.165) is 12.5 Å². The molecule has 2 aromatic carbocycles. The number of hydrogen-bond donors (Lipinski definition) is 0. The third kappa shape index (κ3) is 4.37. The first-order valence-electron chi connectivity index (χ1n) is 9.20. The van der Waals surface area contributed by atoms with Gasteiger partial charge in [-0.15, -0.1) is 0 Å². The van der Waals surface area contributed by atoms with Crippen molar-refractivity contribution in [3.8, 4) is 22.9 Å². The summed E-state index contributed by atoms with van der Waals surface area (Å²) in [5, 5.41) is 9.83. The first-order valence-corrected chi connectivity index (χ1v) is 12.9. The Hall–Kier alpha value is -2.68. The zero-order valence-electron chi connectivity index (χ0n) is 17.5. The van der Waals surface area contributed by atoms with Gasteiger partial charge in [0.25, 0.3) is 0 Å². The first-order chi connectivity index (χ1) is 14.4. The highest BCUT2D eigenvalue weighted by Gasteiger charge is 2.35. The molecule has 0 saturated heterocycles. The summed E-state index contributed by atoms with van der Waals surface area (Å²) in [4.78, 5) is 1.89. The lowest BCUT2D eigenvalue weighted by Gasteiger charge is -2.32. The lowest BCUT2D eigenvalue weighted by atomic mass is 9.87. The normalized spacial score (nSPS) is 14.6. The third-order valence-corrected chi connectivity index (χ3v) is 8.24. The fourth-order valence-electron chi connectivity index (χ4n) is 3.88. The highest BCUT2D eigenvalue weighted by molar-refractivity contribution is 8.09. The van der Waals surface area contributed by atoms with E-state index in [1.165, 1.54) is 31.4 Å². The van der Waals surface area contributed by atoms with Crippen LogP contribution in [0.3, 0.4) is 0 Å². The Labute approximate surface area is 181 Å². The van der Waals surface area contributed by atoms with E-state index in [4.69, 9.17) is 4.74 Å². The minimum atomic E-state index is -4.27. The Kier molecular flexibility index (Phi) is 6.01. The quantitative estimate of drug-likeness (QED) is 0.663. The molecule has 0 unspecified atom stereocenters. The van der Waals surface area contributed by atoms with Crippen molar-refractivity contribution in [2.45, 2.75) is 13.0 Å². The molecule has 0 bridgehead atoms. The van der Waals surface area contributed by atoms with Crippen LogP contribution in [0, 0.1) is 17.1 Å². The van der Waals surface area contributed by atoms with Gasteiger partial charge in [-0.3, -0.25) is 0 Å². The predicted molar refractivity (Wildman–Crippen MR) is 115 cm³/mol. The van der Waals surface area contributed by atoms with Gasteiger partial charge < -0.3 is 9.64 Å². The van der Waals surface area contributed by atoms with E-state index in [9.17, 15) is 26.5 Å². The van der Waals surface area contributed by atoms with Crippen LogP contribution < -0.4 is 8.45 Å². The Bertz CT molecular complexity index is 1270. The highest BCUT2D eigenvalue weighted by Crippen LogP contribution is 2.43. The summed E-state index contributed by atoms with van der Waals surface area (Å²) >= 11 is 0. The molecular formula is C20H22FN3O5S2.